The van der Waals surface area contributed by atoms with Crippen molar-refractivity contribution in [1.82, 2.24) is 14.8 Å². The molecule has 2 heterocycles. The Balaban J connectivity index is 1.76. The molecule has 0 fully saturated rings. The molecule has 0 spiro atoms. The van der Waals surface area contributed by atoms with E-state index in [-0.39, 0.29) is 24.0 Å². The van der Waals surface area contributed by atoms with E-state index in [4.69, 9.17) is 4.74 Å². The molecule has 0 aliphatic carbocycles. The highest BCUT2D eigenvalue weighted by Crippen LogP contribution is 2.31. The van der Waals surface area contributed by atoms with Gasteiger partial charge in [0.1, 0.15) is 6.54 Å². The van der Waals surface area contributed by atoms with Crippen LogP contribution in [-0.4, -0.2) is 52.1 Å². The highest BCUT2D eigenvalue weighted by atomic mass is 32.2. The minimum absolute atomic E-state index is 0.0397. The Hall–Kier alpha value is -2.59. The van der Waals surface area contributed by atoms with Gasteiger partial charge in [-0.05, 0) is 25.5 Å². The van der Waals surface area contributed by atoms with Crippen molar-refractivity contribution in [2.24, 2.45) is 0 Å². The molecule has 144 valence electrons. The van der Waals surface area contributed by atoms with E-state index in [1.165, 1.54) is 21.2 Å². The van der Waals surface area contributed by atoms with E-state index < -0.39 is 5.25 Å². The molecule has 0 unspecified atom stereocenters. The molecule has 2 amide bonds. The van der Waals surface area contributed by atoms with Gasteiger partial charge in [-0.2, -0.15) is 0 Å². The second-order valence-electron chi connectivity index (χ2n) is 6.06. The van der Waals surface area contributed by atoms with Gasteiger partial charge in [-0.3, -0.25) is 19.1 Å². The number of nitrogens with one attached hydrogen (secondary N) is 2. The van der Waals surface area contributed by atoms with E-state index in [9.17, 15) is 14.4 Å². The highest BCUT2D eigenvalue weighted by Gasteiger charge is 2.30. The summed E-state index contributed by atoms with van der Waals surface area (Å²) in [5, 5.41) is 9.11. The lowest BCUT2D eigenvalue weighted by Crippen LogP contribution is -2.45. The van der Waals surface area contributed by atoms with Crippen molar-refractivity contribution in [3.05, 3.63) is 34.7 Å². The van der Waals surface area contributed by atoms with Crippen molar-refractivity contribution in [3.8, 4) is 0 Å². The van der Waals surface area contributed by atoms with Gasteiger partial charge in [0.05, 0.1) is 16.6 Å². The Labute approximate surface area is 160 Å². The number of ether oxygens (including phenoxy) is 1. The van der Waals surface area contributed by atoms with Crippen LogP contribution in [0, 0.1) is 0 Å². The smallest absolute Gasteiger partial charge is 0.343 e. The zero-order valence-corrected chi connectivity index (χ0v) is 15.9. The highest BCUT2D eigenvalue weighted by molar-refractivity contribution is 8.00. The predicted molar refractivity (Wildman–Crippen MR) is 102 cm³/mol. The number of carbonyl (C=O) groups excluding carboxylic acids is 2. The van der Waals surface area contributed by atoms with E-state index in [1.54, 1.807) is 32.2 Å². The van der Waals surface area contributed by atoms with Crippen LogP contribution in [0.5, 0.6) is 0 Å². The maximum absolute atomic E-state index is 13.0. The summed E-state index contributed by atoms with van der Waals surface area (Å²) in [4.78, 5) is 38.3. The molecule has 0 saturated carbocycles. The quantitative estimate of drug-likeness (QED) is 0.540. The number of methoxy groups -OCH3 is 1. The van der Waals surface area contributed by atoms with Crippen molar-refractivity contribution in [2.75, 3.05) is 30.5 Å². The third-order valence-corrected chi connectivity index (χ3v) is 5.20. The summed E-state index contributed by atoms with van der Waals surface area (Å²) >= 11 is 1.18. The monoisotopic (exact) mass is 391 g/mol. The maximum atomic E-state index is 13.0. The fraction of sp³-hybridized carbons (Fsp3) is 0.412. The van der Waals surface area contributed by atoms with Crippen LogP contribution in [0.3, 0.4) is 0 Å². The maximum Gasteiger partial charge on any atom is 0.343 e. The number of hydrogen-bond donors (Lipinski definition) is 2. The lowest BCUT2D eigenvalue weighted by Gasteiger charge is -2.30. The van der Waals surface area contributed by atoms with Crippen LogP contribution in [0.4, 0.5) is 11.4 Å². The van der Waals surface area contributed by atoms with Gasteiger partial charge >= 0.3 is 5.69 Å². The number of aromatic nitrogens is 3. The molecule has 0 saturated heterocycles. The number of fused-ring (bicyclic) bond motifs is 1. The van der Waals surface area contributed by atoms with Crippen LogP contribution in [0.2, 0.25) is 0 Å². The van der Waals surface area contributed by atoms with E-state index in [0.717, 1.165) is 0 Å². The van der Waals surface area contributed by atoms with E-state index >= 15 is 0 Å². The number of thioether (sulfide) groups is 1. The topological polar surface area (TPSA) is 109 Å². The van der Waals surface area contributed by atoms with Gasteiger partial charge in [-0.15, -0.1) is 5.10 Å². The zero-order valence-electron chi connectivity index (χ0n) is 15.1. The summed E-state index contributed by atoms with van der Waals surface area (Å²) in [5.41, 5.74) is 0.945. The molecule has 2 N–H and O–H groups in total. The molecule has 1 aliphatic heterocycles. The number of nitrogens with zero attached hydrogens (tertiary/aromatic N) is 3. The van der Waals surface area contributed by atoms with Gasteiger partial charge in [0, 0.05) is 20.3 Å². The standard InChI is InChI=1S/C17H21N5O4S/c1-11(27-17-20-19-16(25)21(17)8-5-9-26-2)15(24)22-10-14(23)18-12-6-3-4-7-13(12)22/h3-4,6-7,11H,5,8-10H2,1-2H3,(H,18,23)(H,19,25)/t11-/m1/s1. The number of para-hydroxylation sites is 2. The first-order chi connectivity index (χ1) is 13.0. The molecule has 27 heavy (non-hydrogen) atoms. The van der Waals surface area contributed by atoms with Crippen molar-refractivity contribution < 1.29 is 14.3 Å². The van der Waals surface area contributed by atoms with Gasteiger partial charge in [0.2, 0.25) is 11.8 Å². The number of anilines is 2. The fourth-order valence-corrected chi connectivity index (χ4v) is 3.76. The van der Waals surface area contributed by atoms with Gasteiger partial charge < -0.3 is 10.1 Å². The molecule has 1 aromatic heterocycles. The third-order valence-electron chi connectivity index (χ3n) is 4.12. The van der Waals surface area contributed by atoms with Gasteiger partial charge in [-0.25, -0.2) is 9.89 Å². The lowest BCUT2D eigenvalue weighted by molar-refractivity contribution is -0.121. The predicted octanol–water partition coefficient (Wildman–Crippen LogP) is 1.07. The summed E-state index contributed by atoms with van der Waals surface area (Å²) in [6.07, 6.45) is 0.658. The molecule has 2 aromatic rings. The molecule has 1 aliphatic rings. The van der Waals surface area contributed by atoms with Gasteiger partial charge in [0.15, 0.2) is 5.16 Å². The summed E-state index contributed by atoms with van der Waals surface area (Å²) in [6, 6.07) is 7.16. The Morgan fingerprint density at radius 3 is 2.93 bits per heavy atom. The van der Waals surface area contributed by atoms with Crippen LogP contribution >= 0.6 is 11.8 Å². The summed E-state index contributed by atoms with van der Waals surface area (Å²) in [5.74, 6) is -0.461. The number of H-pyrrole nitrogens is 1. The molecular weight excluding hydrogens is 370 g/mol. The van der Waals surface area contributed by atoms with Crippen LogP contribution in [0.25, 0.3) is 0 Å². The van der Waals surface area contributed by atoms with Crippen LogP contribution in [0.15, 0.2) is 34.2 Å². The first-order valence-electron chi connectivity index (χ1n) is 8.52. The van der Waals surface area contributed by atoms with E-state index in [0.29, 0.717) is 36.1 Å². The zero-order chi connectivity index (χ0) is 19.4. The molecule has 1 atom stereocenters. The van der Waals surface area contributed by atoms with Crippen molar-refractivity contribution in [1.29, 1.82) is 0 Å². The number of amides is 2. The molecule has 10 heteroatoms. The SMILES string of the molecule is COCCCn1c(S[C@H](C)C(=O)N2CC(=O)Nc3ccccc32)n[nH]c1=O. The Bertz CT molecular complexity index is 893. The number of hydrogen-bond acceptors (Lipinski definition) is 6. The average Bonchev–Trinajstić information content (AvgIpc) is 3.00. The number of rotatable bonds is 7. The molecule has 0 bridgehead atoms. The van der Waals surface area contributed by atoms with Gasteiger partial charge in [0.25, 0.3) is 0 Å². The lowest BCUT2D eigenvalue weighted by atomic mass is 10.2. The van der Waals surface area contributed by atoms with E-state index in [2.05, 4.69) is 15.5 Å². The minimum atomic E-state index is -0.527. The normalized spacial score (nSPS) is 14.6. The first kappa shape index (κ1) is 19.2. The second kappa shape index (κ2) is 8.40. The second-order valence-corrected chi connectivity index (χ2v) is 7.37. The van der Waals surface area contributed by atoms with Crippen molar-refractivity contribution >= 4 is 35.0 Å². The van der Waals surface area contributed by atoms with E-state index in [1.807, 2.05) is 6.07 Å². The first-order valence-corrected chi connectivity index (χ1v) is 9.40. The number of aromatic amines is 1. The Morgan fingerprint density at radius 2 is 2.15 bits per heavy atom. The fourth-order valence-electron chi connectivity index (χ4n) is 2.82. The molecule has 9 nitrogen and oxygen atoms in total. The summed E-state index contributed by atoms with van der Waals surface area (Å²) in [7, 11) is 1.60. The molecule has 0 radical (unpaired) electrons. The summed E-state index contributed by atoms with van der Waals surface area (Å²) in [6.45, 7) is 2.67. The van der Waals surface area contributed by atoms with Gasteiger partial charge in [-0.1, -0.05) is 23.9 Å². The van der Waals surface area contributed by atoms with Crippen molar-refractivity contribution in [3.63, 3.8) is 0 Å². The summed E-state index contributed by atoms with van der Waals surface area (Å²) < 4.78 is 6.50. The number of carbonyl (C=O) groups is 2. The number of benzene rings is 1. The molecule has 1 aromatic carbocycles. The van der Waals surface area contributed by atoms with Crippen LogP contribution in [-0.2, 0) is 20.9 Å². The largest absolute Gasteiger partial charge is 0.385 e. The Kier molecular flexibility index (Phi) is 5.97. The van der Waals surface area contributed by atoms with Crippen LogP contribution in [0.1, 0.15) is 13.3 Å². The third kappa shape index (κ3) is 4.22. The molecule has 3 rings (SSSR count). The average molecular weight is 391 g/mol. The van der Waals surface area contributed by atoms with Crippen LogP contribution < -0.4 is 15.9 Å². The van der Waals surface area contributed by atoms with Crippen molar-refractivity contribution in [2.45, 2.75) is 30.3 Å². The minimum Gasteiger partial charge on any atom is -0.385 e. The molecular formula is C17H21N5O4S. The Morgan fingerprint density at radius 1 is 1.37 bits per heavy atom.